The molecule has 0 spiro atoms. The molecule has 21 heavy (non-hydrogen) atoms. The van der Waals surface area contributed by atoms with Gasteiger partial charge in [0.2, 0.25) is 0 Å². The maximum atomic E-state index is 3.71. The van der Waals surface area contributed by atoms with Crippen LogP contribution in [0.3, 0.4) is 0 Å². The van der Waals surface area contributed by atoms with Crippen molar-refractivity contribution in [2.75, 3.05) is 6.54 Å². The van der Waals surface area contributed by atoms with Crippen LogP contribution in [0.1, 0.15) is 6.42 Å². The maximum Gasteiger partial charge on any atom is 0.0379 e. The van der Waals surface area contributed by atoms with Gasteiger partial charge in [0.25, 0.3) is 0 Å². The summed E-state index contributed by atoms with van der Waals surface area (Å²) in [5.74, 6) is 0. The molecule has 1 heterocycles. The number of rotatable bonds is 0. The van der Waals surface area contributed by atoms with E-state index in [4.69, 9.17) is 0 Å². The van der Waals surface area contributed by atoms with Gasteiger partial charge < -0.3 is 5.43 Å². The first-order valence-electron chi connectivity index (χ1n) is 7.30. The Kier molecular flexibility index (Phi) is 2.93. The topological polar surface area (TPSA) is 24.4 Å². The van der Waals surface area contributed by atoms with Gasteiger partial charge in [0.05, 0.1) is 0 Å². The van der Waals surface area contributed by atoms with Gasteiger partial charge in [-0.3, -0.25) is 0 Å². The van der Waals surface area contributed by atoms with Gasteiger partial charge in [0, 0.05) is 19.2 Å². The number of nitrogens with zero attached hydrogens (tertiary/aromatic N) is 1. The van der Waals surface area contributed by atoms with E-state index in [1.165, 1.54) is 32.3 Å². The van der Waals surface area contributed by atoms with Crippen molar-refractivity contribution >= 4 is 38.5 Å². The zero-order valence-electron chi connectivity index (χ0n) is 11.7. The van der Waals surface area contributed by atoms with Crippen molar-refractivity contribution in [3.05, 3.63) is 60.7 Å². The van der Waals surface area contributed by atoms with Crippen molar-refractivity contribution in [3.8, 4) is 0 Å². The molecule has 1 N–H and O–H groups in total. The van der Waals surface area contributed by atoms with Gasteiger partial charge >= 0.3 is 0 Å². The molecule has 0 unspecified atom stereocenters. The lowest BCUT2D eigenvalue weighted by molar-refractivity contribution is 0.813. The third-order valence-corrected chi connectivity index (χ3v) is 3.96. The summed E-state index contributed by atoms with van der Waals surface area (Å²) in [5.41, 5.74) is 2.79. The summed E-state index contributed by atoms with van der Waals surface area (Å²) < 4.78 is 0. The quantitative estimate of drug-likeness (QED) is 0.467. The van der Waals surface area contributed by atoms with Gasteiger partial charge in [-0.25, -0.2) is 0 Å². The second-order valence-corrected chi connectivity index (χ2v) is 5.30. The molecule has 0 bridgehead atoms. The fourth-order valence-corrected chi connectivity index (χ4v) is 2.99. The van der Waals surface area contributed by atoms with E-state index in [2.05, 4.69) is 71.2 Å². The Morgan fingerprint density at radius 3 is 1.43 bits per heavy atom. The molecule has 0 aliphatic carbocycles. The van der Waals surface area contributed by atoms with Crippen LogP contribution in [0.25, 0.3) is 32.3 Å². The molecule has 2 heteroatoms. The van der Waals surface area contributed by atoms with Gasteiger partial charge in [0.1, 0.15) is 0 Å². The average molecular weight is 272 g/mol. The lowest BCUT2D eigenvalue weighted by Gasteiger charge is -2.09. The molecular weight excluding hydrogens is 256 g/mol. The van der Waals surface area contributed by atoms with Gasteiger partial charge in [-0.05, 0) is 32.3 Å². The number of nitrogens with one attached hydrogen (secondary N) is 1. The summed E-state index contributed by atoms with van der Waals surface area (Å²) in [7, 11) is 0. The van der Waals surface area contributed by atoms with Crippen LogP contribution in [-0.4, -0.2) is 12.8 Å². The Bertz CT molecular complexity index is 789. The largest absolute Gasteiger partial charge is 0.310 e. The molecule has 0 amide bonds. The maximum absolute atomic E-state index is 3.71. The molecule has 0 atom stereocenters. The molecule has 0 saturated heterocycles. The second-order valence-electron chi connectivity index (χ2n) is 5.30. The molecule has 1 aliphatic heterocycles. The highest BCUT2D eigenvalue weighted by Crippen LogP contribution is 2.33. The molecule has 0 aromatic heterocycles. The Balaban J connectivity index is 0.000000197. The highest BCUT2D eigenvalue weighted by molar-refractivity contribution is 6.22. The van der Waals surface area contributed by atoms with Crippen molar-refractivity contribution in [1.82, 2.24) is 5.43 Å². The Morgan fingerprint density at radius 1 is 0.667 bits per heavy atom. The average Bonchev–Trinajstić information content (AvgIpc) is 3.13. The second kappa shape index (κ2) is 5.06. The van der Waals surface area contributed by atoms with E-state index in [1.54, 1.807) is 0 Å². The fourth-order valence-electron chi connectivity index (χ4n) is 2.99. The van der Waals surface area contributed by atoms with Crippen LogP contribution < -0.4 is 5.43 Å². The third kappa shape index (κ3) is 2.09. The summed E-state index contributed by atoms with van der Waals surface area (Å²) in [6.07, 6.45) is 2.97. The normalized spacial score (nSPS) is 13.5. The molecule has 0 fully saturated rings. The predicted octanol–water partition coefficient (Wildman–Crippen LogP) is 4.55. The van der Waals surface area contributed by atoms with Gasteiger partial charge in [-0.2, -0.15) is 5.10 Å². The lowest BCUT2D eigenvalue weighted by Crippen LogP contribution is -1.96. The van der Waals surface area contributed by atoms with E-state index in [0.29, 0.717) is 0 Å². The van der Waals surface area contributed by atoms with Crippen LogP contribution in [0.5, 0.6) is 0 Å². The monoisotopic (exact) mass is 272 g/mol. The standard InChI is InChI=1S/C16H10.C3H6N2/c1-3-11-7-9-13-5-2-6-14-10-8-12(4-1)15(11)16(13)14;1-2-4-5-3-1/h1-10H;2,5H,1,3H2. The minimum atomic E-state index is 1.03. The summed E-state index contributed by atoms with van der Waals surface area (Å²) in [6, 6.07) is 21.9. The number of hydrazone groups is 1. The van der Waals surface area contributed by atoms with Gasteiger partial charge in [0.15, 0.2) is 0 Å². The van der Waals surface area contributed by atoms with E-state index in [9.17, 15) is 0 Å². The molecule has 1 aliphatic rings. The van der Waals surface area contributed by atoms with Crippen molar-refractivity contribution < 1.29 is 0 Å². The third-order valence-electron chi connectivity index (χ3n) is 3.96. The molecule has 0 radical (unpaired) electrons. The van der Waals surface area contributed by atoms with Gasteiger partial charge in [-0.1, -0.05) is 60.7 Å². The lowest BCUT2D eigenvalue weighted by atomic mass is 9.95. The molecule has 102 valence electrons. The smallest absolute Gasteiger partial charge is 0.0379 e. The minimum Gasteiger partial charge on any atom is -0.310 e. The highest BCUT2D eigenvalue weighted by Gasteiger charge is 2.05. The zero-order valence-corrected chi connectivity index (χ0v) is 11.7. The summed E-state index contributed by atoms with van der Waals surface area (Å²) >= 11 is 0. The molecule has 5 rings (SSSR count). The molecule has 2 nitrogen and oxygen atoms in total. The predicted molar refractivity (Wildman–Crippen MR) is 91.3 cm³/mol. The van der Waals surface area contributed by atoms with Crippen LogP contribution >= 0.6 is 0 Å². The molecule has 4 aromatic rings. The first kappa shape index (κ1) is 12.2. The number of hydrogen-bond donors (Lipinski definition) is 1. The van der Waals surface area contributed by atoms with Crippen molar-refractivity contribution in [2.45, 2.75) is 6.42 Å². The van der Waals surface area contributed by atoms with Crippen LogP contribution in [0, 0.1) is 0 Å². The summed E-state index contributed by atoms with van der Waals surface area (Å²) in [6.45, 7) is 1.03. The summed E-state index contributed by atoms with van der Waals surface area (Å²) in [4.78, 5) is 0. The molecular formula is C19H16N2. The number of benzene rings is 4. The van der Waals surface area contributed by atoms with Gasteiger partial charge in [-0.15, -0.1) is 0 Å². The van der Waals surface area contributed by atoms with Crippen LogP contribution in [-0.2, 0) is 0 Å². The van der Waals surface area contributed by atoms with Crippen molar-refractivity contribution in [2.24, 2.45) is 5.10 Å². The van der Waals surface area contributed by atoms with Crippen molar-refractivity contribution in [3.63, 3.8) is 0 Å². The van der Waals surface area contributed by atoms with Crippen molar-refractivity contribution in [1.29, 1.82) is 0 Å². The summed E-state index contributed by atoms with van der Waals surface area (Å²) in [5, 5.41) is 11.9. The Hall–Kier alpha value is -2.61. The number of hydrogen-bond acceptors (Lipinski definition) is 2. The van der Waals surface area contributed by atoms with Crippen LogP contribution in [0.2, 0.25) is 0 Å². The molecule has 0 saturated carbocycles. The van der Waals surface area contributed by atoms with E-state index < -0.39 is 0 Å². The van der Waals surface area contributed by atoms with E-state index in [-0.39, 0.29) is 0 Å². The Morgan fingerprint density at radius 2 is 1.14 bits per heavy atom. The van der Waals surface area contributed by atoms with Crippen LogP contribution in [0.15, 0.2) is 65.8 Å². The first-order valence-corrected chi connectivity index (χ1v) is 7.30. The Labute approximate surface area is 123 Å². The fraction of sp³-hybridized carbons (Fsp3) is 0.105. The highest BCUT2D eigenvalue weighted by atomic mass is 15.3. The van der Waals surface area contributed by atoms with E-state index >= 15 is 0 Å². The minimum absolute atomic E-state index is 1.03. The zero-order chi connectivity index (χ0) is 14.1. The molecule has 4 aromatic carbocycles. The SMILES string of the molecule is C1=NNCC1.c1cc2ccc3cccc4ccc(c1)c2c34. The van der Waals surface area contributed by atoms with Crippen LogP contribution in [0.4, 0.5) is 0 Å². The first-order chi connectivity index (χ1) is 10.4. The van der Waals surface area contributed by atoms with E-state index in [0.717, 1.165) is 13.0 Å². The van der Waals surface area contributed by atoms with E-state index in [1.807, 2.05) is 6.21 Å².